The molecule has 16 heavy (non-hydrogen) atoms. The number of carbonyl (C=O) groups is 1. The summed E-state index contributed by atoms with van der Waals surface area (Å²) in [6.07, 6.45) is 0. The van der Waals surface area contributed by atoms with Crippen LogP contribution in [0.5, 0.6) is 5.88 Å². The summed E-state index contributed by atoms with van der Waals surface area (Å²) in [4.78, 5) is 21.1. The molecule has 0 aliphatic heterocycles. The Kier molecular flexibility index (Phi) is 3.21. The number of nitro groups is 1. The van der Waals surface area contributed by atoms with Gasteiger partial charge in [0.15, 0.2) is 10.9 Å². The van der Waals surface area contributed by atoms with Gasteiger partial charge in [-0.3, -0.25) is 4.79 Å². The fraction of sp³-hybridized carbons (Fsp3) is 0.625. The second-order valence-electron chi connectivity index (χ2n) is 4.11. The van der Waals surface area contributed by atoms with E-state index in [4.69, 9.17) is 4.74 Å². The number of hydrogen-bond acceptors (Lipinski definition) is 7. The molecule has 0 N–H and O–H groups in total. The fourth-order valence-electron chi connectivity index (χ4n) is 0.729. The molecule has 88 valence electrons. The molecule has 0 amide bonds. The van der Waals surface area contributed by atoms with E-state index in [2.05, 4.69) is 14.9 Å². The second kappa shape index (κ2) is 4.25. The van der Waals surface area contributed by atoms with Crippen molar-refractivity contribution in [3.05, 3.63) is 10.1 Å². The van der Waals surface area contributed by atoms with Crippen molar-refractivity contribution in [2.75, 3.05) is 6.61 Å². The first-order chi connectivity index (χ1) is 7.32. The molecule has 0 aromatic carbocycles. The molecule has 1 heterocycles. The molecular formula is C8H11N3O5. The molecule has 0 radical (unpaired) electrons. The van der Waals surface area contributed by atoms with Gasteiger partial charge in [-0.25, -0.2) is 0 Å². The van der Waals surface area contributed by atoms with Crippen LogP contribution in [0.25, 0.3) is 0 Å². The molecule has 1 rings (SSSR count). The Morgan fingerprint density at radius 3 is 2.62 bits per heavy atom. The van der Waals surface area contributed by atoms with E-state index in [9.17, 15) is 14.9 Å². The van der Waals surface area contributed by atoms with Crippen molar-refractivity contribution >= 4 is 11.6 Å². The Balaban J connectivity index is 2.65. The van der Waals surface area contributed by atoms with E-state index in [0.29, 0.717) is 0 Å². The molecule has 1 aromatic heterocycles. The maximum atomic E-state index is 11.5. The van der Waals surface area contributed by atoms with E-state index in [-0.39, 0.29) is 18.3 Å². The van der Waals surface area contributed by atoms with Gasteiger partial charge in [-0.15, -0.1) is 4.63 Å². The molecular weight excluding hydrogens is 218 g/mol. The molecule has 1 aromatic rings. The van der Waals surface area contributed by atoms with Crippen LogP contribution in [0.3, 0.4) is 0 Å². The maximum Gasteiger partial charge on any atom is 0.478 e. The van der Waals surface area contributed by atoms with Gasteiger partial charge < -0.3 is 14.9 Å². The predicted octanol–water partition coefficient (Wildman–Crippen LogP) is 0.972. The molecule has 0 atom stereocenters. The molecule has 0 saturated heterocycles. The first kappa shape index (κ1) is 12.1. The molecule has 0 unspecified atom stereocenters. The van der Waals surface area contributed by atoms with Crippen molar-refractivity contribution in [1.82, 2.24) is 10.3 Å². The highest BCUT2D eigenvalue weighted by Gasteiger charge is 2.27. The number of rotatable bonds is 4. The number of aromatic nitrogens is 2. The topological polar surface area (TPSA) is 108 Å². The number of nitrogens with zero attached hydrogens (tertiary/aromatic N) is 3. The quantitative estimate of drug-likeness (QED) is 0.558. The number of ether oxygens (including phenoxy) is 1. The van der Waals surface area contributed by atoms with Gasteiger partial charge >= 0.3 is 11.7 Å². The van der Waals surface area contributed by atoms with Crippen LogP contribution in [-0.2, 0) is 4.79 Å². The summed E-state index contributed by atoms with van der Waals surface area (Å²) in [7, 11) is 0. The highest BCUT2D eigenvalue weighted by atomic mass is 16.7. The Labute approximate surface area is 90.7 Å². The zero-order valence-electron chi connectivity index (χ0n) is 9.09. The minimum atomic E-state index is -0.798. The van der Waals surface area contributed by atoms with Gasteiger partial charge in [0, 0.05) is 10.6 Å². The predicted molar refractivity (Wildman–Crippen MR) is 50.9 cm³/mol. The van der Waals surface area contributed by atoms with Gasteiger partial charge in [-0.2, -0.15) is 0 Å². The summed E-state index contributed by atoms with van der Waals surface area (Å²) >= 11 is 0. The number of hydrogen-bond donors (Lipinski definition) is 0. The fourth-order valence-corrected chi connectivity index (χ4v) is 0.729. The standard InChI is InChI=1S/C8H11N3O5/c1-8(2,3)5(12)4-15-7-6(11(13)14)9-16-10-7/h4H2,1-3H3. The van der Waals surface area contributed by atoms with Crippen molar-refractivity contribution in [3.8, 4) is 5.88 Å². The van der Waals surface area contributed by atoms with Crippen LogP contribution >= 0.6 is 0 Å². The van der Waals surface area contributed by atoms with E-state index < -0.39 is 16.2 Å². The largest absolute Gasteiger partial charge is 0.478 e. The van der Waals surface area contributed by atoms with Crippen LogP contribution < -0.4 is 4.74 Å². The number of ketones is 1. The van der Waals surface area contributed by atoms with Crippen molar-refractivity contribution < 1.29 is 19.1 Å². The summed E-state index contributed by atoms with van der Waals surface area (Å²) in [6.45, 7) is 4.84. The Morgan fingerprint density at radius 2 is 2.12 bits per heavy atom. The number of Topliss-reactive ketones (excluding diaryl/α,β-unsaturated/α-hetero) is 1. The zero-order valence-corrected chi connectivity index (χ0v) is 9.09. The van der Waals surface area contributed by atoms with Gasteiger partial charge in [-0.1, -0.05) is 20.8 Å². The van der Waals surface area contributed by atoms with Gasteiger partial charge in [0.05, 0.1) is 0 Å². The van der Waals surface area contributed by atoms with E-state index in [1.54, 1.807) is 20.8 Å². The van der Waals surface area contributed by atoms with Crippen LogP contribution in [0.4, 0.5) is 5.82 Å². The number of carbonyl (C=O) groups excluding carboxylic acids is 1. The summed E-state index contributed by atoms with van der Waals surface area (Å²) in [5.74, 6) is -1.23. The first-order valence-corrected chi connectivity index (χ1v) is 4.45. The summed E-state index contributed by atoms with van der Waals surface area (Å²) < 4.78 is 9.02. The normalized spacial score (nSPS) is 11.2. The van der Waals surface area contributed by atoms with Crippen molar-refractivity contribution in [2.45, 2.75) is 20.8 Å². The monoisotopic (exact) mass is 229 g/mol. The van der Waals surface area contributed by atoms with Crippen LogP contribution in [0, 0.1) is 15.5 Å². The molecule has 0 fully saturated rings. The zero-order chi connectivity index (χ0) is 12.3. The van der Waals surface area contributed by atoms with Crippen LogP contribution in [0.2, 0.25) is 0 Å². The van der Waals surface area contributed by atoms with Gasteiger partial charge in [0.1, 0.15) is 6.61 Å². The average Bonchev–Trinajstić information content (AvgIpc) is 2.60. The Hall–Kier alpha value is -1.99. The van der Waals surface area contributed by atoms with Gasteiger partial charge in [-0.05, 0) is 4.92 Å². The average molecular weight is 229 g/mol. The van der Waals surface area contributed by atoms with Crippen LogP contribution in [0.15, 0.2) is 4.63 Å². The molecule has 0 saturated carbocycles. The van der Waals surface area contributed by atoms with Gasteiger partial charge in [0.2, 0.25) is 0 Å². The molecule has 8 nitrogen and oxygen atoms in total. The Bertz CT molecular complexity index is 406. The van der Waals surface area contributed by atoms with Crippen LogP contribution in [-0.4, -0.2) is 27.6 Å². The lowest BCUT2D eigenvalue weighted by Crippen LogP contribution is -2.26. The highest BCUT2D eigenvalue weighted by Crippen LogP contribution is 2.22. The van der Waals surface area contributed by atoms with E-state index in [1.165, 1.54) is 0 Å². The third-order valence-electron chi connectivity index (χ3n) is 1.79. The molecule has 0 spiro atoms. The van der Waals surface area contributed by atoms with E-state index >= 15 is 0 Å². The lowest BCUT2D eigenvalue weighted by molar-refractivity contribution is -0.391. The van der Waals surface area contributed by atoms with Crippen molar-refractivity contribution in [3.63, 3.8) is 0 Å². The third kappa shape index (κ3) is 2.75. The lowest BCUT2D eigenvalue weighted by Gasteiger charge is -2.15. The van der Waals surface area contributed by atoms with Crippen LogP contribution in [0.1, 0.15) is 20.8 Å². The van der Waals surface area contributed by atoms with E-state index in [1.807, 2.05) is 0 Å². The summed E-state index contributed by atoms with van der Waals surface area (Å²) in [5, 5.41) is 16.6. The molecule has 0 aliphatic rings. The summed E-state index contributed by atoms with van der Waals surface area (Å²) in [5.41, 5.74) is -0.577. The molecule has 0 aliphatic carbocycles. The minimum Gasteiger partial charge on any atom is -0.461 e. The van der Waals surface area contributed by atoms with Gasteiger partial charge in [0.25, 0.3) is 0 Å². The SMILES string of the molecule is CC(C)(C)C(=O)COc1nonc1[N+](=O)[O-]. The van der Waals surface area contributed by atoms with Crippen molar-refractivity contribution in [2.24, 2.45) is 5.41 Å². The third-order valence-corrected chi connectivity index (χ3v) is 1.79. The second-order valence-corrected chi connectivity index (χ2v) is 4.11. The first-order valence-electron chi connectivity index (χ1n) is 4.45. The Morgan fingerprint density at radius 1 is 1.50 bits per heavy atom. The molecule has 0 bridgehead atoms. The lowest BCUT2D eigenvalue weighted by atomic mass is 9.91. The van der Waals surface area contributed by atoms with E-state index in [0.717, 1.165) is 0 Å². The minimum absolute atomic E-state index is 0.204. The molecule has 8 heteroatoms. The highest BCUT2D eigenvalue weighted by molar-refractivity contribution is 5.85. The smallest absolute Gasteiger partial charge is 0.461 e. The maximum absolute atomic E-state index is 11.5. The van der Waals surface area contributed by atoms with Crippen molar-refractivity contribution in [1.29, 1.82) is 0 Å². The summed E-state index contributed by atoms with van der Waals surface area (Å²) in [6, 6.07) is 0.